The molecular weight excluding hydrogens is 202 g/mol. The summed E-state index contributed by atoms with van der Waals surface area (Å²) in [7, 11) is 0. The first-order valence-corrected chi connectivity index (χ1v) is 6.50. The molecule has 4 fully saturated rings. The zero-order valence-corrected chi connectivity index (χ0v) is 9.86. The number of amides is 1. The van der Waals surface area contributed by atoms with Crippen LogP contribution in [0.5, 0.6) is 0 Å². The molecule has 0 aromatic carbocycles. The smallest absolute Gasteiger partial charge is 0.220 e. The molecule has 0 heterocycles. The average Bonchev–Trinajstić information content (AvgIpc) is 2.13. The van der Waals surface area contributed by atoms with E-state index >= 15 is 0 Å². The Morgan fingerprint density at radius 3 is 2.31 bits per heavy atom. The highest BCUT2D eigenvalue weighted by molar-refractivity contribution is 5.76. The fourth-order valence-electron chi connectivity index (χ4n) is 5.03. The van der Waals surface area contributed by atoms with Crippen LogP contribution in [0.4, 0.5) is 0 Å². The van der Waals surface area contributed by atoms with Crippen LogP contribution in [0.15, 0.2) is 0 Å². The van der Waals surface area contributed by atoms with E-state index in [0.29, 0.717) is 23.7 Å². The molecule has 0 radical (unpaired) electrons. The summed E-state index contributed by atoms with van der Waals surface area (Å²) in [5, 5.41) is 10.4. The van der Waals surface area contributed by atoms with Gasteiger partial charge in [-0.25, -0.2) is 0 Å². The van der Waals surface area contributed by atoms with E-state index in [1.165, 1.54) is 12.8 Å². The normalized spacial score (nSPS) is 51.6. The Bertz CT molecular complexity index is 312. The van der Waals surface area contributed by atoms with Gasteiger partial charge in [0.2, 0.25) is 5.91 Å². The maximum Gasteiger partial charge on any atom is 0.220 e. The van der Waals surface area contributed by atoms with Crippen LogP contribution in [0.3, 0.4) is 0 Å². The minimum absolute atomic E-state index is 0.0152. The minimum atomic E-state index is -0.398. The topological polar surface area (TPSA) is 63.3 Å². The summed E-state index contributed by atoms with van der Waals surface area (Å²) >= 11 is 0. The minimum Gasteiger partial charge on any atom is -0.390 e. The van der Waals surface area contributed by atoms with Gasteiger partial charge in [-0.3, -0.25) is 4.79 Å². The Morgan fingerprint density at radius 2 is 1.88 bits per heavy atom. The predicted molar refractivity (Wildman–Crippen MR) is 60.4 cm³/mol. The van der Waals surface area contributed by atoms with Gasteiger partial charge >= 0.3 is 0 Å². The Morgan fingerprint density at radius 1 is 1.31 bits per heavy atom. The first-order chi connectivity index (χ1) is 7.48. The molecule has 4 aliphatic carbocycles. The molecule has 16 heavy (non-hydrogen) atoms. The van der Waals surface area contributed by atoms with Crippen molar-refractivity contribution in [1.29, 1.82) is 0 Å². The van der Waals surface area contributed by atoms with Crippen molar-refractivity contribution < 1.29 is 9.90 Å². The third-order valence-electron chi connectivity index (χ3n) is 5.34. The molecule has 3 heteroatoms. The van der Waals surface area contributed by atoms with Crippen LogP contribution in [0, 0.1) is 29.6 Å². The number of rotatable bonds is 2. The second-order valence-corrected chi connectivity index (χ2v) is 6.46. The lowest BCUT2D eigenvalue weighted by molar-refractivity contribution is -0.166. The van der Waals surface area contributed by atoms with Gasteiger partial charge in [-0.2, -0.15) is 0 Å². The largest absolute Gasteiger partial charge is 0.390 e. The highest BCUT2D eigenvalue weighted by atomic mass is 16.3. The molecule has 3 unspecified atom stereocenters. The van der Waals surface area contributed by atoms with Crippen LogP contribution in [-0.4, -0.2) is 16.6 Å². The SMILES string of the molecule is CC(C(N)=O)C1C2CC3CC1CC(O)(C3)C2. The van der Waals surface area contributed by atoms with E-state index in [2.05, 4.69) is 0 Å². The standard InChI is InChI=1S/C13H21NO2/c1-7(12(14)15)11-9-2-8-3-10(11)6-13(16,4-8)5-9/h7-11,16H,2-6H2,1H3,(H2,14,15). The van der Waals surface area contributed by atoms with E-state index in [1.807, 2.05) is 6.92 Å². The van der Waals surface area contributed by atoms with E-state index in [-0.39, 0.29) is 11.8 Å². The maximum atomic E-state index is 11.4. The van der Waals surface area contributed by atoms with Crippen molar-refractivity contribution in [3.8, 4) is 0 Å². The molecule has 4 bridgehead atoms. The second-order valence-electron chi connectivity index (χ2n) is 6.46. The number of aliphatic hydroxyl groups is 1. The summed E-state index contributed by atoms with van der Waals surface area (Å²) in [4.78, 5) is 11.4. The van der Waals surface area contributed by atoms with Crippen molar-refractivity contribution in [1.82, 2.24) is 0 Å². The van der Waals surface area contributed by atoms with E-state index in [9.17, 15) is 9.90 Å². The molecule has 0 aromatic rings. The number of primary amides is 1. The number of nitrogens with two attached hydrogens (primary N) is 1. The van der Waals surface area contributed by atoms with Gasteiger partial charge in [0.15, 0.2) is 0 Å². The van der Waals surface area contributed by atoms with Crippen molar-refractivity contribution in [3.05, 3.63) is 0 Å². The van der Waals surface area contributed by atoms with Gasteiger partial charge in [0.05, 0.1) is 5.60 Å². The summed E-state index contributed by atoms with van der Waals surface area (Å²) in [6.45, 7) is 1.97. The number of hydrogen-bond donors (Lipinski definition) is 2. The summed E-state index contributed by atoms with van der Waals surface area (Å²) in [5.41, 5.74) is 5.05. The average molecular weight is 223 g/mol. The molecule has 3 N–H and O–H groups in total. The molecule has 4 saturated carbocycles. The summed E-state index contributed by atoms with van der Waals surface area (Å²) in [6.07, 6.45) is 5.23. The lowest BCUT2D eigenvalue weighted by Crippen LogP contribution is -2.57. The van der Waals surface area contributed by atoms with Gasteiger partial charge in [-0.1, -0.05) is 6.92 Å². The van der Waals surface area contributed by atoms with E-state index < -0.39 is 5.60 Å². The van der Waals surface area contributed by atoms with Crippen LogP contribution >= 0.6 is 0 Å². The van der Waals surface area contributed by atoms with Crippen molar-refractivity contribution >= 4 is 5.91 Å². The molecule has 3 atom stereocenters. The van der Waals surface area contributed by atoms with E-state index in [4.69, 9.17) is 5.73 Å². The lowest BCUT2D eigenvalue weighted by Gasteiger charge is -2.59. The monoisotopic (exact) mass is 223 g/mol. The zero-order valence-electron chi connectivity index (χ0n) is 9.86. The van der Waals surface area contributed by atoms with Crippen LogP contribution in [0.25, 0.3) is 0 Å². The van der Waals surface area contributed by atoms with Crippen molar-refractivity contribution in [2.24, 2.45) is 35.3 Å². The van der Waals surface area contributed by atoms with Gasteiger partial charge in [-0.05, 0) is 55.8 Å². The highest BCUT2D eigenvalue weighted by Gasteiger charge is 2.56. The van der Waals surface area contributed by atoms with E-state index in [0.717, 1.165) is 19.3 Å². The van der Waals surface area contributed by atoms with Crippen molar-refractivity contribution in [3.63, 3.8) is 0 Å². The third-order valence-corrected chi connectivity index (χ3v) is 5.34. The van der Waals surface area contributed by atoms with Crippen LogP contribution < -0.4 is 5.73 Å². The zero-order chi connectivity index (χ0) is 11.5. The van der Waals surface area contributed by atoms with E-state index in [1.54, 1.807) is 0 Å². The highest BCUT2D eigenvalue weighted by Crippen LogP contribution is 2.59. The molecule has 3 nitrogen and oxygen atoms in total. The molecule has 90 valence electrons. The quantitative estimate of drug-likeness (QED) is 0.741. The van der Waals surface area contributed by atoms with Crippen LogP contribution in [0.1, 0.15) is 39.0 Å². The fourth-order valence-corrected chi connectivity index (χ4v) is 5.03. The number of hydrogen-bond acceptors (Lipinski definition) is 2. The number of carbonyl (C=O) groups excluding carboxylic acids is 1. The van der Waals surface area contributed by atoms with Crippen molar-refractivity contribution in [2.75, 3.05) is 0 Å². The Kier molecular flexibility index (Phi) is 2.13. The molecule has 0 spiro atoms. The van der Waals surface area contributed by atoms with Crippen LogP contribution in [-0.2, 0) is 4.79 Å². The molecular formula is C13H21NO2. The molecule has 0 aliphatic heterocycles. The molecule has 1 amide bonds. The summed E-state index contributed by atoms with van der Waals surface area (Å²) in [6, 6.07) is 0. The van der Waals surface area contributed by atoms with Gasteiger partial charge in [0, 0.05) is 5.92 Å². The molecule has 4 aliphatic rings. The summed E-state index contributed by atoms with van der Waals surface area (Å²) < 4.78 is 0. The van der Waals surface area contributed by atoms with Gasteiger partial charge in [-0.15, -0.1) is 0 Å². The Labute approximate surface area is 96.4 Å². The molecule has 4 rings (SSSR count). The Balaban J connectivity index is 1.86. The first kappa shape index (κ1) is 10.6. The van der Waals surface area contributed by atoms with Crippen molar-refractivity contribution in [2.45, 2.75) is 44.6 Å². The molecule has 0 saturated heterocycles. The van der Waals surface area contributed by atoms with Gasteiger partial charge in [0.25, 0.3) is 0 Å². The third kappa shape index (κ3) is 1.41. The van der Waals surface area contributed by atoms with Crippen LogP contribution in [0.2, 0.25) is 0 Å². The predicted octanol–water partition coefficient (Wildman–Crippen LogP) is 1.29. The van der Waals surface area contributed by atoms with Gasteiger partial charge < -0.3 is 10.8 Å². The fraction of sp³-hybridized carbons (Fsp3) is 0.923. The second kappa shape index (κ2) is 3.22. The molecule has 0 aromatic heterocycles. The number of carbonyl (C=O) groups is 1. The lowest BCUT2D eigenvalue weighted by atomic mass is 9.48. The first-order valence-electron chi connectivity index (χ1n) is 6.50. The summed E-state index contributed by atoms with van der Waals surface area (Å²) in [5.74, 6) is 2.05. The maximum absolute atomic E-state index is 11.4. The van der Waals surface area contributed by atoms with Gasteiger partial charge in [0.1, 0.15) is 0 Å². The Hall–Kier alpha value is -0.570.